The minimum Gasteiger partial charge on any atom is -0.340 e. The van der Waals surface area contributed by atoms with Gasteiger partial charge in [0.25, 0.3) is 5.91 Å². The third-order valence-electron chi connectivity index (χ3n) is 9.91. The van der Waals surface area contributed by atoms with Gasteiger partial charge >= 0.3 is 13.3 Å². The molecule has 7 rings (SSSR count). The fraction of sp³-hybridized carbons (Fsp3) is 0.371. The van der Waals surface area contributed by atoms with E-state index in [9.17, 15) is 27.7 Å². The quantitative estimate of drug-likeness (QED) is 0.205. The van der Waals surface area contributed by atoms with Gasteiger partial charge in [0.1, 0.15) is 12.1 Å². The molecule has 49 heavy (non-hydrogen) atoms. The molecule has 2 aromatic carbocycles. The maximum absolute atomic E-state index is 14.3. The maximum atomic E-state index is 14.3. The van der Waals surface area contributed by atoms with E-state index in [1.807, 2.05) is 42.7 Å². The highest BCUT2D eigenvalue weighted by molar-refractivity contribution is 7.52. The number of hydrogen-bond acceptors (Lipinski definition) is 6. The van der Waals surface area contributed by atoms with Crippen LogP contribution in [0.4, 0.5) is 8.78 Å². The normalized spacial score (nSPS) is 22.0. The predicted molar refractivity (Wildman–Crippen MR) is 180 cm³/mol. The zero-order chi connectivity index (χ0) is 34.5. The van der Waals surface area contributed by atoms with E-state index in [2.05, 4.69) is 16.4 Å². The van der Waals surface area contributed by atoms with Crippen molar-refractivity contribution in [1.29, 1.82) is 0 Å². The number of thiophene rings is 1. The maximum Gasteiger partial charge on any atom is 0.399 e. The van der Waals surface area contributed by atoms with Crippen LogP contribution < -0.4 is 5.32 Å². The van der Waals surface area contributed by atoms with Gasteiger partial charge in [-0.2, -0.15) is 8.78 Å². The van der Waals surface area contributed by atoms with Crippen molar-refractivity contribution in [2.75, 3.05) is 13.1 Å². The molecule has 2 aromatic heterocycles. The van der Waals surface area contributed by atoms with Crippen molar-refractivity contribution >= 4 is 46.7 Å². The second kappa shape index (κ2) is 13.0. The Balaban J connectivity index is 1.03. The van der Waals surface area contributed by atoms with Gasteiger partial charge in [-0.3, -0.25) is 23.9 Å². The Kier molecular flexibility index (Phi) is 8.89. The zero-order valence-corrected chi connectivity index (χ0v) is 28.1. The Labute approximate surface area is 285 Å². The van der Waals surface area contributed by atoms with E-state index < -0.39 is 36.8 Å². The van der Waals surface area contributed by atoms with Gasteiger partial charge in [-0.1, -0.05) is 49.2 Å². The van der Waals surface area contributed by atoms with Gasteiger partial charge in [0.05, 0.1) is 4.88 Å². The Bertz CT molecular complexity index is 1960. The number of alkyl halides is 2. The molecule has 3 atom stereocenters. The van der Waals surface area contributed by atoms with E-state index in [0.717, 1.165) is 59.4 Å². The minimum absolute atomic E-state index is 0.0858. The molecule has 10 nitrogen and oxygen atoms in total. The highest BCUT2D eigenvalue weighted by Gasteiger charge is 2.50. The molecule has 3 N–H and O–H groups in total. The molecule has 3 aliphatic heterocycles. The van der Waals surface area contributed by atoms with Gasteiger partial charge in [0, 0.05) is 53.3 Å². The van der Waals surface area contributed by atoms with E-state index in [1.54, 1.807) is 9.80 Å². The van der Waals surface area contributed by atoms with Crippen LogP contribution >= 0.6 is 18.9 Å². The number of nitrogens with one attached hydrogen (secondary N) is 1. The van der Waals surface area contributed by atoms with Gasteiger partial charge in [-0.25, -0.2) is 0 Å². The lowest BCUT2D eigenvalue weighted by molar-refractivity contribution is -0.149. The molecule has 3 fully saturated rings. The SMILES string of the molecule is O=C(NC1CCCC[C@H]2CC[C@@H](C(=O)N3CC(c4cncc(-c5ccccc5)c4)C3)N2C1=O)c1cc2cc(C(F)(F)P(=O)(O)O)ccc2s1. The monoisotopic (exact) mass is 708 g/mol. The van der Waals surface area contributed by atoms with Crippen molar-refractivity contribution in [1.82, 2.24) is 20.1 Å². The first-order chi connectivity index (χ1) is 23.4. The Morgan fingerprint density at radius 3 is 2.45 bits per heavy atom. The summed E-state index contributed by atoms with van der Waals surface area (Å²) in [5.74, 6) is -0.792. The van der Waals surface area contributed by atoms with Crippen molar-refractivity contribution in [3.8, 4) is 11.1 Å². The number of fused-ring (bicyclic) bond motifs is 2. The highest BCUT2D eigenvalue weighted by atomic mass is 32.1. The molecular weight excluding hydrogens is 673 g/mol. The summed E-state index contributed by atoms with van der Waals surface area (Å²) >= 11 is 1.03. The van der Waals surface area contributed by atoms with Crippen molar-refractivity contribution in [2.24, 2.45) is 0 Å². The number of halogens is 2. The summed E-state index contributed by atoms with van der Waals surface area (Å²) < 4.78 is 40.5. The summed E-state index contributed by atoms with van der Waals surface area (Å²) in [6, 6.07) is 15.1. The van der Waals surface area contributed by atoms with E-state index in [-0.39, 0.29) is 34.0 Å². The molecule has 3 aliphatic rings. The number of benzene rings is 2. The number of nitrogens with zero attached hydrogens (tertiary/aromatic N) is 3. The van der Waals surface area contributed by atoms with Crippen molar-refractivity contribution in [2.45, 2.75) is 68.2 Å². The lowest BCUT2D eigenvalue weighted by atomic mass is 9.90. The van der Waals surface area contributed by atoms with Crippen LogP contribution in [0.25, 0.3) is 21.2 Å². The molecule has 3 amide bonds. The van der Waals surface area contributed by atoms with Crippen molar-refractivity contribution < 1.29 is 37.5 Å². The fourth-order valence-corrected chi connectivity index (χ4v) is 8.62. The van der Waals surface area contributed by atoms with Gasteiger partial charge in [0.15, 0.2) is 0 Å². The van der Waals surface area contributed by atoms with Crippen molar-refractivity contribution in [3.05, 3.63) is 89.1 Å². The van der Waals surface area contributed by atoms with Crippen LogP contribution in [0.1, 0.15) is 65.2 Å². The molecule has 1 unspecified atom stereocenters. The van der Waals surface area contributed by atoms with Crippen LogP contribution in [-0.2, 0) is 19.8 Å². The summed E-state index contributed by atoms with van der Waals surface area (Å²) in [6.45, 7) is 1.08. The van der Waals surface area contributed by atoms with Crippen LogP contribution in [0.5, 0.6) is 0 Å². The Morgan fingerprint density at radius 1 is 0.939 bits per heavy atom. The first-order valence-corrected chi connectivity index (χ1v) is 18.7. The van der Waals surface area contributed by atoms with Gasteiger partial charge in [-0.15, -0.1) is 11.3 Å². The average Bonchev–Trinajstić information content (AvgIpc) is 3.68. The van der Waals surface area contributed by atoms with Crippen LogP contribution in [-0.4, -0.2) is 73.5 Å². The van der Waals surface area contributed by atoms with Gasteiger partial charge in [0.2, 0.25) is 11.8 Å². The summed E-state index contributed by atoms with van der Waals surface area (Å²) in [6.07, 6.45) is 7.68. The Morgan fingerprint density at radius 2 is 1.69 bits per heavy atom. The molecular formula is C35H35F2N4O6PS. The number of rotatable bonds is 7. The summed E-state index contributed by atoms with van der Waals surface area (Å²) in [5, 5.41) is 3.06. The first kappa shape index (κ1) is 33.5. The van der Waals surface area contributed by atoms with Gasteiger partial charge < -0.3 is 24.9 Å². The predicted octanol–water partition coefficient (Wildman–Crippen LogP) is 5.85. The molecule has 0 spiro atoms. The highest BCUT2D eigenvalue weighted by Crippen LogP contribution is 2.59. The van der Waals surface area contributed by atoms with Crippen LogP contribution in [0, 0.1) is 0 Å². The third-order valence-corrected chi connectivity index (χ3v) is 12.0. The lowest BCUT2D eigenvalue weighted by Crippen LogP contribution is -2.59. The molecule has 3 saturated heterocycles. The lowest BCUT2D eigenvalue weighted by Gasteiger charge is -2.43. The number of carbonyl (C=O) groups excluding carboxylic acids is 3. The number of aromatic nitrogens is 1. The summed E-state index contributed by atoms with van der Waals surface area (Å²) in [7, 11) is -5.76. The topological polar surface area (TPSA) is 140 Å². The molecule has 0 radical (unpaired) electrons. The van der Waals surface area contributed by atoms with Gasteiger partial charge in [-0.05, 0) is 66.5 Å². The molecule has 4 aromatic rings. The number of pyridine rings is 1. The third kappa shape index (κ3) is 6.40. The standard InChI is InChI=1S/C35H35F2N4O6PS/c36-35(37,48(45,46)47)26-10-13-30-22(15-26)16-31(49-30)32(42)39-28-9-5-4-8-27-11-12-29(41(27)33(28)43)34(44)40-19-25(20-40)24-14-23(17-38-18-24)21-6-2-1-3-7-21/h1-3,6-7,10,13-18,25,27-29H,4-5,8-9,11-12,19-20H2,(H,39,42)(H2,45,46,47)/t27-,28?,29-/m0/s1. The van der Waals surface area contributed by atoms with E-state index >= 15 is 0 Å². The molecule has 14 heteroatoms. The summed E-state index contributed by atoms with van der Waals surface area (Å²) in [5.41, 5.74) is -2.08. The number of likely N-dealkylation sites (tertiary alicyclic amines) is 1. The summed E-state index contributed by atoms with van der Waals surface area (Å²) in [4.78, 5) is 67.6. The van der Waals surface area contributed by atoms with Crippen LogP contribution in [0.3, 0.4) is 0 Å². The fourth-order valence-electron chi connectivity index (χ4n) is 7.20. The van der Waals surface area contributed by atoms with E-state index in [1.165, 1.54) is 12.1 Å². The second-order valence-electron chi connectivity index (χ2n) is 13.1. The average molecular weight is 709 g/mol. The minimum atomic E-state index is -5.76. The molecule has 256 valence electrons. The zero-order valence-electron chi connectivity index (χ0n) is 26.4. The Hall–Kier alpha value is -4.03. The second-order valence-corrected chi connectivity index (χ2v) is 15.8. The molecule has 5 heterocycles. The van der Waals surface area contributed by atoms with E-state index in [0.29, 0.717) is 37.1 Å². The largest absolute Gasteiger partial charge is 0.399 e. The molecule has 0 bridgehead atoms. The number of amides is 3. The smallest absolute Gasteiger partial charge is 0.340 e. The van der Waals surface area contributed by atoms with Crippen LogP contribution in [0.15, 0.2) is 73.1 Å². The number of carbonyl (C=O) groups is 3. The van der Waals surface area contributed by atoms with Crippen LogP contribution in [0.2, 0.25) is 0 Å². The first-order valence-electron chi connectivity index (χ1n) is 16.3. The molecule has 0 aliphatic carbocycles. The number of hydrogen-bond donors (Lipinski definition) is 3. The van der Waals surface area contributed by atoms with E-state index in [4.69, 9.17) is 9.79 Å². The van der Waals surface area contributed by atoms with Crippen molar-refractivity contribution in [3.63, 3.8) is 0 Å². The molecule has 0 saturated carbocycles.